The number of carbonyl (C=O) groups excluding carboxylic acids is 1. The van der Waals surface area contributed by atoms with Gasteiger partial charge in [0, 0.05) is 44.2 Å². The van der Waals surface area contributed by atoms with Crippen LogP contribution in [-0.4, -0.2) is 137 Å². The number of nitrogens with zero attached hydrogens (tertiary/aromatic N) is 1. The highest BCUT2D eigenvalue weighted by molar-refractivity contribution is 5.86. The molecule has 0 radical (unpaired) electrons. The van der Waals surface area contributed by atoms with Gasteiger partial charge in [0.25, 0.3) is 0 Å². The van der Waals surface area contributed by atoms with Crippen LogP contribution >= 0.6 is 0 Å². The third kappa shape index (κ3) is 9.26. The van der Waals surface area contributed by atoms with Gasteiger partial charge in [-0.25, -0.2) is 0 Å². The SMILES string of the molecule is CC[C@H]1OC(=O)[C@H](C)[C@@H](OC2CC(C)(OC)C(O)=CO2)[C@H](C)[C@@H](OC2OC(C)CC(N(C)C)C2O)[C@](C)(OC)C[C@@H](C)C(=N)[C@H](C)[C@@H](O)[C@]1(C)O. The van der Waals surface area contributed by atoms with Crippen molar-refractivity contribution in [2.24, 2.45) is 23.7 Å². The number of aliphatic hydroxyl groups is 4. The van der Waals surface area contributed by atoms with Crippen LogP contribution in [0.1, 0.15) is 88.0 Å². The fourth-order valence-electron chi connectivity index (χ4n) is 8.02. The van der Waals surface area contributed by atoms with Crippen molar-refractivity contribution in [1.29, 1.82) is 5.41 Å². The number of carbonyl (C=O) groups is 1. The first kappa shape index (κ1) is 43.5. The van der Waals surface area contributed by atoms with Crippen LogP contribution in [0.15, 0.2) is 12.0 Å². The lowest BCUT2D eigenvalue weighted by Crippen LogP contribution is -2.60. The van der Waals surface area contributed by atoms with Crippen molar-refractivity contribution in [3.63, 3.8) is 0 Å². The molecule has 296 valence electrons. The topological polar surface area (TPSA) is 190 Å². The minimum absolute atomic E-state index is 0.0843. The first-order valence-corrected chi connectivity index (χ1v) is 18.2. The lowest BCUT2D eigenvalue weighted by Gasteiger charge is -2.49. The first-order chi connectivity index (χ1) is 23.6. The number of hydrogen-bond donors (Lipinski definition) is 5. The number of ether oxygens (including phenoxy) is 7. The average molecular weight is 731 g/mol. The van der Waals surface area contributed by atoms with Crippen LogP contribution < -0.4 is 0 Å². The summed E-state index contributed by atoms with van der Waals surface area (Å²) in [5.41, 5.74) is -4.02. The van der Waals surface area contributed by atoms with Crippen LogP contribution in [0, 0.1) is 29.1 Å². The summed E-state index contributed by atoms with van der Waals surface area (Å²) in [7, 11) is 6.78. The highest BCUT2D eigenvalue weighted by Gasteiger charge is 2.53. The van der Waals surface area contributed by atoms with Gasteiger partial charge in [0.05, 0.1) is 35.9 Å². The number of likely N-dealkylation sites (N-methyl/N-ethyl adjacent to an activating group) is 1. The molecular weight excluding hydrogens is 664 g/mol. The van der Waals surface area contributed by atoms with E-state index in [1.807, 2.05) is 46.7 Å². The van der Waals surface area contributed by atoms with Crippen molar-refractivity contribution in [1.82, 2.24) is 4.90 Å². The molecule has 0 aromatic carbocycles. The van der Waals surface area contributed by atoms with Crippen molar-refractivity contribution in [3.05, 3.63) is 12.0 Å². The zero-order chi connectivity index (χ0) is 38.8. The Morgan fingerprint density at radius 2 is 1.63 bits per heavy atom. The Morgan fingerprint density at radius 1 is 1.00 bits per heavy atom. The highest BCUT2D eigenvalue weighted by Crippen LogP contribution is 2.41. The third-order valence-electron chi connectivity index (χ3n) is 11.8. The van der Waals surface area contributed by atoms with Crippen LogP contribution in [0.5, 0.6) is 0 Å². The predicted molar refractivity (Wildman–Crippen MR) is 189 cm³/mol. The minimum Gasteiger partial charge on any atom is -0.506 e. The summed E-state index contributed by atoms with van der Waals surface area (Å²) < 4.78 is 43.3. The molecule has 0 amide bonds. The largest absolute Gasteiger partial charge is 0.506 e. The average Bonchev–Trinajstić information content (AvgIpc) is 3.08. The van der Waals surface area contributed by atoms with E-state index in [9.17, 15) is 25.2 Å². The summed E-state index contributed by atoms with van der Waals surface area (Å²) in [4.78, 5) is 16.1. The Bertz CT molecular complexity index is 1220. The van der Waals surface area contributed by atoms with E-state index in [1.54, 1.807) is 27.7 Å². The molecule has 14 heteroatoms. The van der Waals surface area contributed by atoms with Gasteiger partial charge >= 0.3 is 5.97 Å². The molecule has 0 spiro atoms. The standard InChI is InChI=1S/C37H66N2O12/c1-14-26-37(9,44)31(42)21(4)28(38)19(2)16-36(8,46-13)32(51-34-29(41)24(39(10)11)15-20(3)48-34)22(5)30(23(6)33(43)49-26)50-27-17-35(7,45-12)25(40)18-47-27/h18-24,26-27,29-32,34,38,40-42,44H,14-17H2,1-13H3/t19-,20?,21+,22+,23-,24?,26-,27?,29?,30+,31-,32-,34?,35?,36-,37-/m1/s1. The molecule has 0 aromatic heterocycles. The van der Waals surface area contributed by atoms with Gasteiger partial charge < -0.3 is 63.9 Å². The van der Waals surface area contributed by atoms with E-state index >= 15 is 0 Å². The van der Waals surface area contributed by atoms with E-state index in [0.29, 0.717) is 6.42 Å². The molecule has 16 atom stereocenters. The molecule has 2 fully saturated rings. The number of rotatable bonds is 8. The molecule has 2 saturated heterocycles. The summed E-state index contributed by atoms with van der Waals surface area (Å²) in [6, 6.07) is -0.266. The van der Waals surface area contributed by atoms with Crippen molar-refractivity contribution >= 4 is 11.7 Å². The molecule has 0 aliphatic carbocycles. The Morgan fingerprint density at radius 3 is 2.18 bits per heavy atom. The van der Waals surface area contributed by atoms with Gasteiger partial charge in [-0.3, -0.25) is 4.79 Å². The van der Waals surface area contributed by atoms with Crippen molar-refractivity contribution in [2.75, 3.05) is 28.3 Å². The zero-order valence-corrected chi connectivity index (χ0v) is 32.9. The van der Waals surface area contributed by atoms with Crippen LogP contribution in [-0.2, 0) is 38.0 Å². The Hall–Kier alpha value is -1.88. The van der Waals surface area contributed by atoms with Gasteiger partial charge in [-0.05, 0) is 73.9 Å². The van der Waals surface area contributed by atoms with E-state index in [-0.39, 0.29) is 42.9 Å². The van der Waals surface area contributed by atoms with Gasteiger partial charge in [0.1, 0.15) is 29.7 Å². The van der Waals surface area contributed by atoms with Crippen LogP contribution in [0.3, 0.4) is 0 Å². The number of esters is 1. The quantitative estimate of drug-likeness (QED) is 0.228. The Kier molecular flexibility index (Phi) is 14.6. The lowest BCUT2D eigenvalue weighted by atomic mass is 9.73. The molecule has 3 aliphatic heterocycles. The van der Waals surface area contributed by atoms with E-state index in [0.717, 1.165) is 6.26 Å². The Balaban J connectivity index is 2.21. The summed E-state index contributed by atoms with van der Waals surface area (Å²) in [5.74, 6) is -3.77. The summed E-state index contributed by atoms with van der Waals surface area (Å²) in [6.45, 7) is 15.6. The maximum absolute atomic E-state index is 14.1. The van der Waals surface area contributed by atoms with E-state index in [2.05, 4.69) is 0 Å². The lowest BCUT2D eigenvalue weighted by molar-refractivity contribution is -0.306. The molecule has 3 aliphatic rings. The molecule has 3 heterocycles. The highest BCUT2D eigenvalue weighted by atomic mass is 16.7. The second-order valence-corrected chi connectivity index (χ2v) is 16.0. The van der Waals surface area contributed by atoms with Gasteiger partial charge in [0.15, 0.2) is 12.0 Å². The smallest absolute Gasteiger partial charge is 0.311 e. The summed E-state index contributed by atoms with van der Waals surface area (Å²) in [5, 5.41) is 54.4. The molecule has 0 aromatic rings. The van der Waals surface area contributed by atoms with Gasteiger partial charge in [-0.15, -0.1) is 0 Å². The second-order valence-electron chi connectivity index (χ2n) is 16.0. The predicted octanol–water partition coefficient (Wildman–Crippen LogP) is 3.54. The van der Waals surface area contributed by atoms with Crippen molar-refractivity contribution in [2.45, 2.75) is 160 Å². The number of nitrogens with one attached hydrogen (secondary N) is 1. The molecule has 6 unspecified atom stereocenters. The van der Waals surface area contributed by atoms with E-state index in [1.165, 1.54) is 21.1 Å². The zero-order valence-electron chi connectivity index (χ0n) is 32.9. The molecule has 51 heavy (non-hydrogen) atoms. The maximum atomic E-state index is 14.1. The molecule has 5 N–H and O–H groups in total. The van der Waals surface area contributed by atoms with Crippen LogP contribution in [0.2, 0.25) is 0 Å². The number of aliphatic hydroxyl groups excluding tert-OH is 3. The fraction of sp³-hybridized carbons (Fsp3) is 0.892. The van der Waals surface area contributed by atoms with Crippen molar-refractivity contribution < 1.29 is 58.4 Å². The third-order valence-corrected chi connectivity index (χ3v) is 11.8. The van der Waals surface area contributed by atoms with Crippen molar-refractivity contribution in [3.8, 4) is 0 Å². The molecule has 0 saturated carbocycles. The van der Waals surface area contributed by atoms with Crippen LogP contribution in [0.25, 0.3) is 0 Å². The number of hydrogen-bond acceptors (Lipinski definition) is 14. The fourth-order valence-corrected chi connectivity index (χ4v) is 8.02. The minimum atomic E-state index is -1.89. The molecular formula is C37H66N2O12. The monoisotopic (exact) mass is 730 g/mol. The maximum Gasteiger partial charge on any atom is 0.311 e. The molecule has 3 rings (SSSR count). The molecule has 0 bridgehead atoms. The molecule has 14 nitrogen and oxygen atoms in total. The van der Waals surface area contributed by atoms with Gasteiger partial charge in [0.2, 0.25) is 6.29 Å². The van der Waals surface area contributed by atoms with E-state index < -0.39 is 89.5 Å². The summed E-state index contributed by atoms with van der Waals surface area (Å²) in [6.07, 6.45) is -5.55. The van der Waals surface area contributed by atoms with Gasteiger partial charge in [-0.1, -0.05) is 27.7 Å². The summed E-state index contributed by atoms with van der Waals surface area (Å²) >= 11 is 0. The van der Waals surface area contributed by atoms with E-state index in [4.69, 9.17) is 38.6 Å². The first-order valence-electron chi connectivity index (χ1n) is 18.2. The number of cyclic esters (lactones) is 1. The second kappa shape index (κ2) is 17.1. The van der Waals surface area contributed by atoms with Gasteiger partial charge in [-0.2, -0.15) is 0 Å². The number of methoxy groups -OCH3 is 2. The normalized spacial score (nSPS) is 46.5. The Labute approximate surface area is 304 Å². The van der Waals surface area contributed by atoms with Crippen LogP contribution in [0.4, 0.5) is 0 Å².